The lowest BCUT2D eigenvalue weighted by atomic mass is 10.1. The van der Waals surface area contributed by atoms with Crippen molar-refractivity contribution in [3.05, 3.63) is 87.4 Å². The SMILES string of the molecule is O=C(CN1C(=O)c2ccccc2C1=O)NCc1ncc(Cc2ccccc2)s1. The molecule has 28 heavy (non-hydrogen) atoms. The van der Waals surface area contributed by atoms with Crippen molar-refractivity contribution in [1.29, 1.82) is 0 Å². The minimum absolute atomic E-state index is 0.265. The van der Waals surface area contributed by atoms with Crippen molar-refractivity contribution >= 4 is 29.1 Å². The third kappa shape index (κ3) is 3.70. The second kappa shape index (κ2) is 7.74. The number of carbonyl (C=O) groups is 3. The minimum Gasteiger partial charge on any atom is -0.348 e. The summed E-state index contributed by atoms with van der Waals surface area (Å²) in [5.74, 6) is -1.26. The van der Waals surface area contributed by atoms with Crippen LogP contribution in [0.1, 0.15) is 36.2 Å². The third-order valence-electron chi connectivity index (χ3n) is 4.44. The molecule has 0 atom stereocenters. The number of fused-ring (bicyclic) bond motifs is 1. The Morgan fingerprint density at radius 2 is 1.61 bits per heavy atom. The highest BCUT2D eigenvalue weighted by Crippen LogP contribution is 2.22. The summed E-state index contributed by atoms with van der Waals surface area (Å²) in [4.78, 5) is 43.3. The molecule has 6 nitrogen and oxygen atoms in total. The Morgan fingerprint density at radius 1 is 0.964 bits per heavy atom. The number of nitrogens with zero attached hydrogens (tertiary/aromatic N) is 2. The van der Waals surface area contributed by atoms with E-state index in [2.05, 4.69) is 22.4 Å². The summed E-state index contributed by atoms with van der Waals surface area (Å²) in [7, 11) is 0. The predicted molar refractivity (Wildman–Crippen MR) is 105 cm³/mol. The zero-order chi connectivity index (χ0) is 19.5. The maximum absolute atomic E-state index is 12.3. The molecule has 0 spiro atoms. The van der Waals surface area contributed by atoms with Crippen LogP contribution in [0, 0.1) is 0 Å². The standard InChI is InChI=1S/C21H17N3O3S/c25-18(13-24-20(26)16-8-4-5-9-17(16)21(24)27)22-12-19-23-11-15(28-19)10-14-6-2-1-3-7-14/h1-9,11H,10,12-13H2,(H,22,25). The van der Waals surface area contributed by atoms with E-state index in [9.17, 15) is 14.4 Å². The van der Waals surface area contributed by atoms with Crippen LogP contribution in [0.25, 0.3) is 0 Å². The molecule has 7 heteroatoms. The van der Waals surface area contributed by atoms with Gasteiger partial charge in [-0.15, -0.1) is 11.3 Å². The molecular formula is C21H17N3O3S. The fourth-order valence-corrected chi connectivity index (χ4v) is 3.96. The van der Waals surface area contributed by atoms with Gasteiger partial charge in [0.15, 0.2) is 0 Å². The van der Waals surface area contributed by atoms with Crippen molar-refractivity contribution < 1.29 is 14.4 Å². The van der Waals surface area contributed by atoms with Gasteiger partial charge in [0.05, 0.1) is 17.7 Å². The van der Waals surface area contributed by atoms with Crippen molar-refractivity contribution in [3.63, 3.8) is 0 Å². The monoisotopic (exact) mass is 391 g/mol. The second-order valence-electron chi connectivity index (χ2n) is 6.40. The van der Waals surface area contributed by atoms with Crippen LogP contribution in [0.3, 0.4) is 0 Å². The van der Waals surface area contributed by atoms with Gasteiger partial charge in [-0.3, -0.25) is 19.3 Å². The highest BCUT2D eigenvalue weighted by atomic mass is 32.1. The Bertz CT molecular complexity index is 1010. The average molecular weight is 391 g/mol. The maximum Gasteiger partial charge on any atom is 0.262 e. The van der Waals surface area contributed by atoms with Crippen LogP contribution in [-0.2, 0) is 17.8 Å². The number of carbonyl (C=O) groups excluding carboxylic acids is 3. The molecular weight excluding hydrogens is 374 g/mol. The Morgan fingerprint density at radius 3 is 2.29 bits per heavy atom. The lowest BCUT2D eigenvalue weighted by Gasteiger charge is -2.13. The molecule has 3 aromatic rings. The summed E-state index contributed by atoms with van der Waals surface area (Å²) in [6, 6.07) is 16.7. The molecule has 2 heterocycles. The normalized spacial score (nSPS) is 12.9. The van der Waals surface area contributed by atoms with Crippen LogP contribution in [0.15, 0.2) is 60.8 Å². The van der Waals surface area contributed by atoms with Gasteiger partial charge in [0.2, 0.25) is 5.91 Å². The van der Waals surface area contributed by atoms with E-state index in [1.807, 2.05) is 24.4 Å². The Balaban J connectivity index is 1.32. The molecule has 1 aliphatic heterocycles. The quantitative estimate of drug-likeness (QED) is 0.655. The summed E-state index contributed by atoms with van der Waals surface area (Å²) in [5.41, 5.74) is 1.88. The average Bonchev–Trinajstić information content (AvgIpc) is 3.26. The molecule has 0 saturated heterocycles. The van der Waals surface area contributed by atoms with E-state index in [1.165, 1.54) is 16.9 Å². The number of amides is 3. The van der Waals surface area contributed by atoms with Crippen molar-refractivity contribution in [1.82, 2.24) is 15.2 Å². The van der Waals surface area contributed by atoms with Crippen LogP contribution in [-0.4, -0.2) is 34.2 Å². The largest absolute Gasteiger partial charge is 0.348 e. The van der Waals surface area contributed by atoms with E-state index < -0.39 is 17.7 Å². The number of nitrogens with one attached hydrogen (secondary N) is 1. The molecule has 0 radical (unpaired) electrons. The Hall–Kier alpha value is -3.32. The molecule has 0 bridgehead atoms. The Kier molecular flexibility index (Phi) is 4.99. The van der Waals surface area contributed by atoms with Gasteiger partial charge in [-0.05, 0) is 17.7 Å². The third-order valence-corrected chi connectivity index (χ3v) is 5.44. The number of benzene rings is 2. The first kappa shape index (κ1) is 18.1. The van der Waals surface area contributed by atoms with Gasteiger partial charge >= 0.3 is 0 Å². The lowest BCUT2D eigenvalue weighted by Crippen LogP contribution is -2.40. The molecule has 1 N–H and O–H groups in total. The molecule has 1 aliphatic rings. The summed E-state index contributed by atoms with van der Waals surface area (Å²) >= 11 is 1.53. The van der Waals surface area contributed by atoms with E-state index in [1.54, 1.807) is 24.3 Å². The van der Waals surface area contributed by atoms with Crippen molar-refractivity contribution in [2.45, 2.75) is 13.0 Å². The smallest absolute Gasteiger partial charge is 0.262 e. The molecule has 0 aliphatic carbocycles. The van der Waals surface area contributed by atoms with Crippen molar-refractivity contribution in [2.75, 3.05) is 6.54 Å². The highest BCUT2D eigenvalue weighted by molar-refractivity contribution is 7.11. The van der Waals surface area contributed by atoms with Crippen LogP contribution < -0.4 is 5.32 Å². The number of hydrogen-bond donors (Lipinski definition) is 1. The number of hydrogen-bond acceptors (Lipinski definition) is 5. The summed E-state index contributed by atoms with van der Waals surface area (Å²) in [5, 5.41) is 3.51. The number of rotatable bonds is 6. The first-order chi connectivity index (χ1) is 13.6. The van der Waals surface area contributed by atoms with Gasteiger partial charge in [-0.1, -0.05) is 42.5 Å². The van der Waals surface area contributed by atoms with E-state index in [4.69, 9.17) is 0 Å². The van der Waals surface area contributed by atoms with Crippen molar-refractivity contribution in [2.24, 2.45) is 0 Å². The van der Waals surface area contributed by atoms with Gasteiger partial charge in [0.25, 0.3) is 11.8 Å². The molecule has 3 amide bonds. The zero-order valence-electron chi connectivity index (χ0n) is 14.9. The van der Waals surface area contributed by atoms with E-state index >= 15 is 0 Å². The molecule has 140 valence electrons. The summed E-state index contributed by atoms with van der Waals surface area (Å²) in [6.07, 6.45) is 2.60. The molecule has 1 aromatic heterocycles. The molecule has 0 unspecified atom stereocenters. The maximum atomic E-state index is 12.3. The zero-order valence-corrected chi connectivity index (χ0v) is 15.7. The van der Waals surface area contributed by atoms with Gasteiger partial charge in [-0.2, -0.15) is 0 Å². The van der Waals surface area contributed by atoms with E-state index in [0.29, 0.717) is 11.1 Å². The first-order valence-corrected chi connectivity index (χ1v) is 9.63. The number of thiazole rings is 1. The first-order valence-electron chi connectivity index (χ1n) is 8.81. The number of aromatic nitrogens is 1. The lowest BCUT2D eigenvalue weighted by molar-refractivity contribution is -0.121. The van der Waals surface area contributed by atoms with Crippen molar-refractivity contribution in [3.8, 4) is 0 Å². The van der Waals surface area contributed by atoms with Crippen LogP contribution in [0.5, 0.6) is 0 Å². The Labute approximate surface area is 165 Å². The van der Waals surface area contributed by atoms with Crippen LogP contribution in [0.2, 0.25) is 0 Å². The van der Waals surface area contributed by atoms with E-state index in [-0.39, 0.29) is 13.1 Å². The highest BCUT2D eigenvalue weighted by Gasteiger charge is 2.36. The molecule has 0 saturated carbocycles. The van der Waals surface area contributed by atoms with E-state index in [0.717, 1.165) is 21.2 Å². The van der Waals surface area contributed by atoms with Gasteiger partial charge in [0.1, 0.15) is 11.6 Å². The molecule has 2 aromatic carbocycles. The summed E-state index contributed by atoms with van der Waals surface area (Å²) in [6.45, 7) is -0.0317. The van der Waals surface area contributed by atoms with Crippen LogP contribution in [0.4, 0.5) is 0 Å². The second-order valence-corrected chi connectivity index (χ2v) is 7.60. The van der Waals surface area contributed by atoms with Gasteiger partial charge in [0, 0.05) is 17.5 Å². The fourth-order valence-electron chi connectivity index (χ4n) is 3.06. The van der Waals surface area contributed by atoms with Gasteiger partial charge < -0.3 is 5.32 Å². The van der Waals surface area contributed by atoms with Crippen LogP contribution >= 0.6 is 11.3 Å². The number of imide groups is 1. The summed E-state index contributed by atoms with van der Waals surface area (Å²) < 4.78 is 0. The van der Waals surface area contributed by atoms with Gasteiger partial charge in [-0.25, -0.2) is 4.98 Å². The molecule has 4 rings (SSSR count). The molecule has 0 fully saturated rings. The topological polar surface area (TPSA) is 79.4 Å². The predicted octanol–water partition coefficient (Wildman–Crippen LogP) is 2.65. The fraction of sp³-hybridized carbons (Fsp3) is 0.143. The minimum atomic E-state index is -0.435.